The smallest absolute Gasteiger partial charge is 0.111 e. The summed E-state index contributed by atoms with van der Waals surface area (Å²) in [6.07, 6.45) is 5.05. The first-order valence-corrected chi connectivity index (χ1v) is 2.99. The molecule has 1 fully saturated rings. The Morgan fingerprint density at radius 1 is 1.50 bits per heavy atom. The minimum atomic E-state index is -0.259. The third kappa shape index (κ3) is 0.443. The second-order valence-electron chi connectivity index (χ2n) is 2.50. The monoisotopic (exact) mass is 111 g/mol. The summed E-state index contributed by atoms with van der Waals surface area (Å²) < 4.78 is 0. The first-order valence-electron chi connectivity index (χ1n) is 2.99. The predicted molar refractivity (Wildman–Crippen MR) is 30.2 cm³/mol. The normalized spacial score (nSPS) is 50.9. The van der Waals surface area contributed by atoms with Crippen LogP contribution in [0.25, 0.3) is 0 Å². The van der Waals surface area contributed by atoms with Gasteiger partial charge in [0.15, 0.2) is 0 Å². The highest BCUT2D eigenvalue weighted by Gasteiger charge is 2.33. The Morgan fingerprint density at radius 3 is 2.62 bits per heavy atom. The summed E-state index contributed by atoms with van der Waals surface area (Å²) in [6.45, 7) is 0. The van der Waals surface area contributed by atoms with Crippen LogP contribution < -0.4 is 5.32 Å². The fourth-order valence-electron chi connectivity index (χ4n) is 1.43. The maximum absolute atomic E-state index is 9.06. The Balaban J connectivity index is 2.23. The molecule has 2 aliphatic rings. The molecule has 0 saturated carbocycles. The van der Waals surface area contributed by atoms with Crippen LogP contribution in [0.15, 0.2) is 12.2 Å². The van der Waals surface area contributed by atoms with E-state index in [2.05, 4.69) is 17.5 Å². The molecule has 1 aliphatic carbocycles. The van der Waals surface area contributed by atoms with Crippen LogP contribution in [-0.2, 0) is 0 Å². The van der Waals surface area contributed by atoms with Gasteiger partial charge in [-0.1, -0.05) is 12.2 Å². The van der Waals surface area contributed by atoms with Crippen molar-refractivity contribution in [2.75, 3.05) is 0 Å². The van der Waals surface area contributed by atoms with Crippen molar-refractivity contribution in [2.24, 2.45) is 5.92 Å². The van der Waals surface area contributed by atoms with Crippen LogP contribution >= 0.6 is 0 Å². The molecule has 0 radical (unpaired) electrons. The van der Waals surface area contributed by atoms with E-state index in [0.717, 1.165) is 6.42 Å². The quantitative estimate of drug-likeness (QED) is 0.426. The van der Waals surface area contributed by atoms with Crippen molar-refractivity contribution in [1.82, 2.24) is 5.32 Å². The van der Waals surface area contributed by atoms with E-state index in [9.17, 15) is 0 Å². The van der Waals surface area contributed by atoms with E-state index in [1.165, 1.54) is 0 Å². The lowest BCUT2D eigenvalue weighted by atomic mass is 10.1. The number of aliphatic hydroxyl groups is 1. The van der Waals surface area contributed by atoms with Crippen LogP contribution in [0.4, 0.5) is 0 Å². The van der Waals surface area contributed by atoms with Crippen LogP contribution in [-0.4, -0.2) is 17.4 Å². The lowest BCUT2D eigenvalue weighted by Gasteiger charge is -2.11. The van der Waals surface area contributed by atoms with Crippen LogP contribution in [0, 0.1) is 5.92 Å². The summed E-state index contributed by atoms with van der Waals surface area (Å²) >= 11 is 0. The molecule has 0 spiro atoms. The number of rotatable bonds is 0. The van der Waals surface area contributed by atoms with E-state index >= 15 is 0 Å². The summed E-state index contributed by atoms with van der Waals surface area (Å²) in [4.78, 5) is 0. The van der Waals surface area contributed by atoms with E-state index in [1.807, 2.05) is 0 Å². The van der Waals surface area contributed by atoms with Crippen molar-refractivity contribution in [3.05, 3.63) is 12.2 Å². The highest BCUT2D eigenvalue weighted by Crippen LogP contribution is 2.26. The zero-order chi connectivity index (χ0) is 5.56. The molecule has 2 heteroatoms. The average Bonchev–Trinajstić information content (AvgIpc) is 2.23. The molecule has 0 aromatic heterocycles. The van der Waals surface area contributed by atoms with Gasteiger partial charge >= 0.3 is 0 Å². The molecule has 2 nitrogen and oxygen atoms in total. The molecular weight excluding hydrogens is 102 g/mol. The number of fused-ring (bicyclic) bond motifs is 2. The number of hydrogen-bond donors (Lipinski definition) is 2. The molecule has 2 bridgehead atoms. The highest BCUT2D eigenvalue weighted by molar-refractivity contribution is 5.13. The molecule has 1 heterocycles. The molecule has 1 saturated heterocycles. The second-order valence-corrected chi connectivity index (χ2v) is 2.50. The Labute approximate surface area is 48.2 Å². The van der Waals surface area contributed by atoms with Crippen LogP contribution in [0.2, 0.25) is 0 Å². The van der Waals surface area contributed by atoms with E-state index in [0.29, 0.717) is 12.0 Å². The minimum absolute atomic E-state index is 0.259. The topological polar surface area (TPSA) is 32.3 Å². The van der Waals surface area contributed by atoms with E-state index < -0.39 is 0 Å². The minimum Gasteiger partial charge on any atom is -0.378 e. The summed E-state index contributed by atoms with van der Waals surface area (Å²) in [7, 11) is 0. The van der Waals surface area contributed by atoms with Crippen LogP contribution in [0.3, 0.4) is 0 Å². The van der Waals surface area contributed by atoms with Crippen molar-refractivity contribution < 1.29 is 5.11 Å². The first kappa shape index (κ1) is 4.53. The molecule has 0 aromatic carbocycles. The zero-order valence-electron chi connectivity index (χ0n) is 4.54. The van der Waals surface area contributed by atoms with Gasteiger partial charge in [0.25, 0.3) is 0 Å². The van der Waals surface area contributed by atoms with Gasteiger partial charge < -0.3 is 5.11 Å². The molecule has 1 aliphatic heterocycles. The Hall–Kier alpha value is -0.340. The maximum Gasteiger partial charge on any atom is 0.111 e. The van der Waals surface area contributed by atoms with E-state index in [1.54, 1.807) is 0 Å². The molecule has 0 amide bonds. The predicted octanol–water partition coefficient (Wildman–Crippen LogP) is -0.147. The number of aliphatic hydroxyl groups excluding tert-OH is 1. The van der Waals surface area contributed by atoms with Gasteiger partial charge in [0.05, 0.1) is 0 Å². The molecule has 2 N–H and O–H groups in total. The Bertz CT molecular complexity index is 132. The van der Waals surface area contributed by atoms with Gasteiger partial charge in [0.2, 0.25) is 0 Å². The van der Waals surface area contributed by atoms with Gasteiger partial charge in [-0.25, -0.2) is 0 Å². The highest BCUT2D eigenvalue weighted by atomic mass is 16.3. The van der Waals surface area contributed by atoms with Gasteiger partial charge in [-0.15, -0.1) is 0 Å². The standard InChI is InChI=1S/C6H9NO/c8-6-4-1-2-5(3-4)7-6/h1-2,4-8H,3H2/t4-,5+,6?/m1/s1. The zero-order valence-corrected chi connectivity index (χ0v) is 4.54. The fraction of sp³-hybridized carbons (Fsp3) is 0.667. The lowest BCUT2D eigenvalue weighted by molar-refractivity contribution is 0.126. The summed E-state index contributed by atoms with van der Waals surface area (Å²) in [5.74, 6) is 0.403. The molecule has 2 rings (SSSR count). The van der Waals surface area contributed by atoms with Gasteiger partial charge in [-0.3, -0.25) is 5.32 Å². The van der Waals surface area contributed by atoms with Gasteiger partial charge in [-0.2, -0.15) is 0 Å². The van der Waals surface area contributed by atoms with Crippen LogP contribution in [0.1, 0.15) is 6.42 Å². The fourth-order valence-corrected chi connectivity index (χ4v) is 1.43. The largest absolute Gasteiger partial charge is 0.378 e. The number of nitrogens with one attached hydrogen (secondary N) is 1. The summed E-state index contributed by atoms with van der Waals surface area (Å²) in [5, 5.41) is 12.1. The van der Waals surface area contributed by atoms with E-state index in [4.69, 9.17) is 5.11 Å². The molecule has 0 aromatic rings. The third-order valence-electron chi connectivity index (χ3n) is 1.91. The van der Waals surface area contributed by atoms with Gasteiger partial charge in [0, 0.05) is 12.0 Å². The molecule has 44 valence electrons. The first-order chi connectivity index (χ1) is 3.86. The molecule has 1 unspecified atom stereocenters. The lowest BCUT2D eigenvalue weighted by Crippen LogP contribution is -2.32. The molecular formula is C6H9NO. The summed E-state index contributed by atoms with van der Waals surface area (Å²) in [5.41, 5.74) is 0. The van der Waals surface area contributed by atoms with Gasteiger partial charge in [0.1, 0.15) is 6.23 Å². The van der Waals surface area contributed by atoms with Gasteiger partial charge in [-0.05, 0) is 6.42 Å². The van der Waals surface area contributed by atoms with Crippen molar-refractivity contribution in [3.8, 4) is 0 Å². The van der Waals surface area contributed by atoms with Crippen molar-refractivity contribution >= 4 is 0 Å². The Kier molecular flexibility index (Phi) is 0.754. The molecule has 3 atom stereocenters. The maximum atomic E-state index is 9.06. The van der Waals surface area contributed by atoms with Crippen LogP contribution in [0.5, 0.6) is 0 Å². The number of hydrogen-bond acceptors (Lipinski definition) is 2. The summed E-state index contributed by atoms with van der Waals surface area (Å²) in [6, 6.07) is 0.468. The average molecular weight is 111 g/mol. The third-order valence-corrected chi connectivity index (χ3v) is 1.91. The van der Waals surface area contributed by atoms with E-state index in [-0.39, 0.29) is 6.23 Å². The SMILES string of the molecule is OC1N[C@H]2C=C[C@@H]1C2. The van der Waals surface area contributed by atoms with Crippen molar-refractivity contribution in [2.45, 2.75) is 18.7 Å². The second kappa shape index (κ2) is 1.33. The Morgan fingerprint density at radius 2 is 2.38 bits per heavy atom. The molecule has 8 heavy (non-hydrogen) atoms. The van der Waals surface area contributed by atoms with Crippen molar-refractivity contribution in [1.29, 1.82) is 0 Å². The van der Waals surface area contributed by atoms with Crippen molar-refractivity contribution in [3.63, 3.8) is 0 Å².